The Morgan fingerprint density at radius 3 is 2.32 bits per heavy atom. The Kier molecular flexibility index (Phi) is 6.15. The molecule has 19 heavy (non-hydrogen) atoms. The van der Waals surface area contributed by atoms with Crippen molar-refractivity contribution in [2.24, 2.45) is 0 Å². The fraction of sp³-hybridized carbons (Fsp3) is 0.286. The number of esters is 1. The first-order valence-corrected chi connectivity index (χ1v) is 5.75. The summed E-state index contributed by atoms with van der Waals surface area (Å²) in [6.45, 7) is 5.04. The van der Waals surface area contributed by atoms with E-state index in [-0.39, 0.29) is 19.8 Å². The van der Waals surface area contributed by atoms with Crippen LogP contribution in [-0.2, 0) is 25.6 Å². The van der Waals surface area contributed by atoms with Crippen LogP contribution in [0.1, 0.15) is 12.5 Å². The first kappa shape index (κ1) is 14.8. The predicted octanol–water partition coefficient (Wildman–Crippen LogP) is 2.46. The van der Waals surface area contributed by atoms with Crippen LogP contribution in [0.4, 0.5) is 4.79 Å². The van der Waals surface area contributed by atoms with Crippen molar-refractivity contribution in [2.75, 3.05) is 13.2 Å². The second kappa shape index (κ2) is 7.92. The summed E-state index contributed by atoms with van der Waals surface area (Å²) >= 11 is 0. The Hall–Kier alpha value is -2.30. The Morgan fingerprint density at radius 1 is 1.05 bits per heavy atom. The van der Waals surface area contributed by atoms with E-state index >= 15 is 0 Å². The molecule has 1 rings (SSSR count). The van der Waals surface area contributed by atoms with Gasteiger partial charge in [-0.1, -0.05) is 36.9 Å². The molecule has 5 nitrogen and oxygen atoms in total. The minimum atomic E-state index is -0.796. The zero-order valence-electron chi connectivity index (χ0n) is 10.8. The van der Waals surface area contributed by atoms with Gasteiger partial charge in [-0.2, -0.15) is 0 Å². The van der Waals surface area contributed by atoms with Crippen LogP contribution in [-0.4, -0.2) is 25.3 Å². The van der Waals surface area contributed by atoms with Crippen molar-refractivity contribution < 1.29 is 23.8 Å². The van der Waals surface area contributed by atoms with Crippen LogP contribution in [0.15, 0.2) is 42.5 Å². The zero-order valence-corrected chi connectivity index (χ0v) is 10.8. The second-order valence-corrected chi connectivity index (χ2v) is 3.79. The molecule has 0 amide bonds. The van der Waals surface area contributed by atoms with E-state index in [0.29, 0.717) is 5.57 Å². The van der Waals surface area contributed by atoms with Crippen molar-refractivity contribution >= 4 is 12.1 Å². The Balaban J connectivity index is 2.12. The van der Waals surface area contributed by atoms with Gasteiger partial charge in [-0.25, -0.2) is 9.59 Å². The SMILES string of the molecule is C=C(C)C(=O)OCCOC(=O)OCc1ccccc1. The fourth-order valence-electron chi connectivity index (χ4n) is 1.14. The Labute approximate surface area is 111 Å². The molecule has 1 aromatic rings. The van der Waals surface area contributed by atoms with E-state index in [4.69, 9.17) is 14.2 Å². The lowest BCUT2D eigenvalue weighted by atomic mass is 10.2. The molecule has 102 valence electrons. The predicted molar refractivity (Wildman–Crippen MR) is 68.4 cm³/mol. The van der Waals surface area contributed by atoms with E-state index in [2.05, 4.69) is 6.58 Å². The number of carbonyl (C=O) groups excluding carboxylic acids is 2. The molecule has 0 saturated carbocycles. The van der Waals surface area contributed by atoms with Crippen LogP contribution in [0.5, 0.6) is 0 Å². The molecular formula is C14H16O5. The molecule has 0 saturated heterocycles. The molecule has 0 unspecified atom stereocenters. The van der Waals surface area contributed by atoms with Gasteiger partial charge in [0, 0.05) is 5.57 Å². The summed E-state index contributed by atoms with van der Waals surface area (Å²) in [5.41, 5.74) is 1.17. The van der Waals surface area contributed by atoms with Gasteiger partial charge in [0.15, 0.2) is 0 Å². The maximum absolute atomic E-state index is 11.2. The highest BCUT2D eigenvalue weighted by molar-refractivity contribution is 5.86. The molecule has 0 aliphatic carbocycles. The summed E-state index contributed by atoms with van der Waals surface area (Å²) in [5, 5.41) is 0. The highest BCUT2D eigenvalue weighted by Gasteiger charge is 2.06. The van der Waals surface area contributed by atoms with E-state index in [1.807, 2.05) is 30.3 Å². The molecule has 1 aromatic carbocycles. The third-order valence-corrected chi connectivity index (χ3v) is 2.08. The number of hydrogen-bond acceptors (Lipinski definition) is 5. The van der Waals surface area contributed by atoms with Crippen molar-refractivity contribution in [2.45, 2.75) is 13.5 Å². The van der Waals surface area contributed by atoms with E-state index in [0.717, 1.165) is 5.56 Å². The smallest absolute Gasteiger partial charge is 0.459 e. The standard InChI is InChI=1S/C14H16O5/c1-11(2)13(15)17-8-9-18-14(16)19-10-12-6-4-3-5-7-12/h3-7H,1,8-10H2,2H3. The molecular weight excluding hydrogens is 248 g/mol. The molecule has 5 heteroatoms. The van der Waals surface area contributed by atoms with Gasteiger partial charge in [0.2, 0.25) is 0 Å². The highest BCUT2D eigenvalue weighted by Crippen LogP contribution is 2.01. The van der Waals surface area contributed by atoms with Crippen LogP contribution in [0.25, 0.3) is 0 Å². The fourth-order valence-corrected chi connectivity index (χ4v) is 1.14. The van der Waals surface area contributed by atoms with Gasteiger partial charge in [0.25, 0.3) is 0 Å². The highest BCUT2D eigenvalue weighted by atomic mass is 16.7. The van der Waals surface area contributed by atoms with Gasteiger partial charge in [0.1, 0.15) is 19.8 Å². The number of hydrogen-bond donors (Lipinski definition) is 0. The van der Waals surface area contributed by atoms with Crippen molar-refractivity contribution in [1.29, 1.82) is 0 Å². The second-order valence-electron chi connectivity index (χ2n) is 3.79. The molecule has 0 atom stereocenters. The van der Waals surface area contributed by atoms with Crippen molar-refractivity contribution in [3.63, 3.8) is 0 Å². The summed E-state index contributed by atoms with van der Waals surface area (Å²) in [4.78, 5) is 22.2. The monoisotopic (exact) mass is 264 g/mol. The van der Waals surface area contributed by atoms with E-state index in [1.54, 1.807) is 0 Å². The summed E-state index contributed by atoms with van der Waals surface area (Å²) in [6, 6.07) is 9.24. The van der Waals surface area contributed by atoms with Gasteiger partial charge in [-0.3, -0.25) is 0 Å². The summed E-state index contributed by atoms with van der Waals surface area (Å²) in [7, 11) is 0. The molecule has 0 fully saturated rings. The normalized spacial score (nSPS) is 9.53. The van der Waals surface area contributed by atoms with Crippen LogP contribution in [0, 0.1) is 0 Å². The topological polar surface area (TPSA) is 61.8 Å². The quantitative estimate of drug-likeness (QED) is 0.448. The van der Waals surface area contributed by atoms with Gasteiger partial charge >= 0.3 is 12.1 Å². The number of rotatable bonds is 6. The van der Waals surface area contributed by atoms with Gasteiger partial charge < -0.3 is 14.2 Å². The van der Waals surface area contributed by atoms with E-state index < -0.39 is 12.1 Å². The molecule has 0 bridgehead atoms. The molecule has 0 aliphatic rings. The lowest BCUT2D eigenvalue weighted by Crippen LogP contribution is -2.14. The third-order valence-electron chi connectivity index (χ3n) is 2.08. The lowest BCUT2D eigenvalue weighted by Gasteiger charge is -2.07. The minimum absolute atomic E-state index is 0.0217. The molecule has 0 radical (unpaired) electrons. The molecule has 0 aromatic heterocycles. The maximum atomic E-state index is 11.2. The molecule has 0 N–H and O–H groups in total. The summed E-state index contributed by atoms with van der Waals surface area (Å²) in [5.74, 6) is -0.513. The van der Waals surface area contributed by atoms with Crippen molar-refractivity contribution in [3.05, 3.63) is 48.0 Å². The third kappa shape index (κ3) is 6.26. The number of carbonyl (C=O) groups is 2. The van der Waals surface area contributed by atoms with E-state index in [9.17, 15) is 9.59 Å². The lowest BCUT2D eigenvalue weighted by molar-refractivity contribution is -0.140. The molecule has 0 spiro atoms. The van der Waals surface area contributed by atoms with Crippen molar-refractivity contribution in [1.82, 2.24) is 0 Å². The average molecular weight is 264 g/mol. The minimum Gasteiger partial charge on any atom is -0.459 e. The first-order chi connectivity index (χ1) is 9.09. The van der Waals surface area contributed by atoms with Crippen LogP contribution >= 0.6 is 0 Å². The van der Waals surface area contributed by atoms with Crippen LogP contribution in [0.2, 0.25) is 0 Å². The van der Waals surface area contributed by atoms with Gasteiger partial charge in [0.05, 0.1) is 0 Å². The van der Waals surface area contributed by atoms with Crippen LogP contribution < -0.4 is 0 Å². The first-order valence-electron chi connectivity index (χ1n) is 5.75. The van der Waals surface area contributed by atoms with Crippen LogP contribution in [0.3, 0.4) is 0 Å². The largest absolute Gasteiger partial charge is 0.508 e. The average Bonchev–Trinajstić information content (AvgIpc) is 2.42. The van der Waals surface area contributed by atoms with Gasteiger partial charge in [-0.05, 0) is 12.5 Å². The molecule has 0 heterocycles. The van der Waals surface area contributed by atoms with Crippen molar-refractivity contribution in [3.8, 4) is 0 Å². The summed E-state index contributed by atoms with van der Waals surface area (Å²) < 4.78 is 14.3. The van der Waals surface area contributed by atoms with E-state index in [1.165, 1.54) is 6.92 Å². The maximum Gasteiger partial charge on any atom is 0.508 e. The Bertz CT molecular complexity index is 438. The zero-order chi connectivity index (χ0) is 14.1. The van der Waals surface area contributed by atoms with Gasteiger partial charge in [-0.15, -0.1) is 0 Å². The number of ether oxygens (including phenoxy) is 3. The number of benzene rings is 1. The molecule has 0 aliphatic heterocycles. The summed E-state index contributed by atoms with van der Waals surface area (Å²) in [6.07, 6.45) is -0.796. The Morgan fingerprint density at radius 2 is 1.68 bits per heavy atom.